The molecule has 0 aliphatic heterocycles. The largest absolute Gasteiger partial charge is 0.337 e. The third kappa shape index (κ3) is 3.59. The summed E-state index contributed by atoms with van der Waals surface area (Å²) >= 11 is 0. The number of anilines is 1. The fourth-order valence-corrected chi connectivity index (χ4v) is 1.97. The molecule has 5 nitrogen and oxygen atoms in total. The van der Waals surface area contributed by atoms with Crippen LogP contribution in [0.3, 0.4) is 0 Å². The summed E-state index contributed by atoms with van der Waals surface area (Å²) in [5.74, 6) is 0.524. The van der Waals surface area contributed by atoms with E-state index in [1.54, 1.807) is 30.2 Å². The van der Waals surface area contributed by atoms with Gasteiger partial charge in [-0.15, -0.1) is 0 Å². The summed E-state index contributed by atoms with van der Waals surface area (Å²) in [5.41, 5.74) is 1.08. The third-order valence-electron chi connectivity index (χ3n) is 3.33. The van der Waals surface area contributed by atoms with Crippen LogP contribution in [-0.2, 0) is 13.6 Å². The van der Waals surface area contributed by atoms with Gasteiger partial charge in [0.15, 0.2) is 0 Å². The van der Waals surface area contributed by atoms with Crippen LogP contribution in [0.1, 0.15) is 18.3 Å². The van der Waals surface area contributed by atoms with Gasteiger partial charge in [-0.05, 0) is 37.6 Å². The Kier molecular flexibility index (Phi) is 4.57. The predicted octanol–water partition coefficient (Wildman–Crippen LogP) is 2.92. The van der Waals surface area contributed by atoms with Crippen LogP contribution in [-0.4, -0.2) is 27.0 Å². The first kappa shape index (κ1) is 15.0. The molecule has 21 heavy (non-hydrogen) atoms. The van der Waals surface area contributed by atoms with E-state index in [1.807, 2.05) is 24.7 Å². The van der Waals surface area contributed by atoms with E-state index >= 15 is 0 Å². The lowest BCUT2D eigenvalue weighted by Crippen LogP contribution is -2.35. The quantitative estimate of drug-likeness (QED) is 0.941. The molecule has 112 valence electrons. The van der Waals surface area contributed by atoms with E-state index < -0.39 is 0 Å². The minimum Gasteiger partial charge on any atom is -0.337 e. The molecule has 0 aliphatic carbocycles. The number of nitrogens with zero attached hydrogens (tertiary/aromatic N) is 3. The molecule has 0 saturated heterocycles. The number of benzene rings is 1. The Bertz CT molecular complexity index is 638. The fourth-order valence-electron chi connectivity index (χ4n) is 1.97. The van der Waals surface area contributed by atoms with Crippen LogP contribution in [0.5, 0.6) is 0 Å². The Balaban J connectivity index is 2.06. The molecule has 0 radical (unpaired) electrons. The van der Waals surface area contributed by atoms with Gasteiger partial charge in [0.1, 0.15) is 11.6 Å². The average molecular weight is 290 g/mol. The van der Waals surface area contributed by atoms with Crippen molar-refractivity contribution < 1.29 is 9.18 Å². The molecule has 2 rings (SSSR count). The van der Waals surface area contributed by atoms with E-state index in [-0.39, 0.29) is 11.8 Å². The second-order valence-electron chi connectivity index (χ2n) is 4.86. The Morgan fingerprint density at radius 2 is 2.24 bits per heavy atom. The lowest BCUT2D eigenvalue weighted by molar-refractivity contribution is 0.210. The van der Waals surface area contributed by atoms with E-state index in [4.69, 9.17) is 0 Å². The van der Waals surface area contributed by atoms with Crippen LogP contribution in [0, 0.1) is 12.7 Å². The number of hydrogen-bond acceptors (Lipinski definition) is 2. The van der Waals surface area contributed by atoms with Crippen molar-refractivity contribution in [3.05, 3.63) is 47.8 Å². The van der Waals surface area contributed by atoms with E-state index in [0.717, 1.165) is 5.82 Å². The molecule has 1 aromatic heterocycles. The summed E-state index contributed by atoms with van der Waals surface area (Å²) in [5, 5.41) is 2.78. The lowest BCUT2D eigenvalue weighted by Gasteiger charge is -2.21. The number of aryl methyl sites for hydroxylation is 2. The van der Waals surface area contributed by atoms with E-state index in [2.05, 4.69) is 10.3 Å². The summed E-state index contributed by atoms with van der Waals surface area (Å²) in [6.45, 7) is 4.54. The minimum atomic E-state index is -0.284. The monoisotopic (exact) mass is 290 g/mol. The normalized spacial score (nSPS) is 10.5. The second kappa shape index (κ2) is 6.39. The molecule has 0 unspecified atom stereocenters. The number of carbonyl (C=O) groups excluding carboxylic acids is 1. The van der Waals surface area contributed by atoms with Gasteiger partial charge in [0.05, 0.1) is 6.54 Å². The van der Waals surface area contributed by atoms with Crippen LogP contribution in [0.15, 0.2) is 30.6 Å². The number of imidazole rings is 1. The highest BCUT2D eigenvalue weighted by molar-refractivity contribution is 5.89. The molecule has 2 amide bonds. The summed E-state index contributed by atoms with van der Waals surface area (Å²) in [6, 6.07) is 4.28. The Morgan fingerprint density at radius 1 is 1.48 bits per heavy atom. The number of halogens is 1. The van der Waals surface area contributed by atoms with Crippen LogP contribution in [0.2, 0.25) is 0 Å². The Hall–Kier alpha value is -2.37. The molecule has 0 bridgehead atoms. The first-order valence-corrected chi connectivity index (χ1v) is 6.79. The topological polar surface area (TPSA) is 50.2 Å². The zero-order chi connectivity index (χ0) is 15.4. The van der Waals surface area contributed by atoms with Gasteiger partial charge >= 0.3 is 6.03 Å². The number of nitrogens with one attached hydrogen (secondary N) is 1. The van der Waals surface area contributed by atoms with Crippen molar-refractivity contribution in [2.45, 2.75) is 20.4 Å². The van der Waals surface area contributed by atoms with Gasteiger partial charge in [0.2, 0.25) is 0 Å². The van der Waals surface area contributed by atoms with Crippen LogP contribution < -0.4 is 5.32 Å². The molecule has 0 fully saturated rings. The van der Waals surface area contributed by atoms with Crippen LogP contribution >= 0.6 is 0 Å². The smallest absolute Gasteiger partial charge is 0.322 e. The molecule has 0 aliphatic rings. The van der Waals surface area contributed by atoms with Crippen molar-refractivity contribution in [3.63, 3.8) is 0 Å². The van der Waals surface area contributed by atoms with Crippen molar-refractivity contribution in [1.82, 2.24) is 14.5 Å². The van der Waals surface area contributed by atoms with E-state index in [1.165, 1.54) is 6.07 Å². The summed E-state index contributed by atoms with van der Waals surface area (Å²) in [6.07, 6.45) is 3.54. The average Bonchev–Trinajstić information content (AvgIpc) is 2.85. The second-order valence-corrected chi connectivity index (χ2v) is 4.86. The first-order chi connectivity index (χ1) is 10.0. The number of urea groups is 1. The molecule has 0 atom stereocenters. The van der Waals surface area contributed by atoms with Crippen molar-refractivity contribution >= 4 is 11.7 Å². The molecule has 0 spiro atoms. The maximum absolute atomic E-state index is 13.2. The van der Waals surface area contributed by atoms with Gasteiger partial charge in [-0.25, -0.2) is 14.2 Å². The molecule has 1 N–H and O–H groups in total. The number of aromatic nitrogens is 2. The highest BCUT2D eigenvalue weighted by atomic mass is 19.1. The number of amides is 2. The third-order valence-corrected chi connectivity index (χ3v) is 3.33. The van der Waals surface area contributed by atoms with Crippen LogP contribution in [0.25, 0.3) is 0 Å². The molecule has 1 aromatic carbocycles. The summed E-state index contributed by atoms with van der Waals surface area (Å²) in [7, 11) is 1.89. The molecular weight excluding hydrogens is 271 g/mol. The maximum Gasteiger partial charge on any atom is 0.322 e. The van der Waals surface area contributed by atoms with E-state index in [0.29, 0.717) is 24.3 Å². The first-order valence-electron chi connectivity index (χ1n) is 6.79. The zero-order valence-corrected chi connectivity index (χ0v) is 12.4. The van der Waals surface area contributed by atoms with E-state index in [9.17, 15) is 9.18 Å². The highest BCUT2D eigenvalue weighted by Crippen LogP contribution is 2.14. The lowest BCUT2D eigenvalue weighted by atomic mass is 10.2. The van der Waals surface area contributed by atoms with Crippen LogP contribution in [0.4, 0.5) is 14.9 Å². The Labute approximate surface area is 123 Å². The summed E-state index contributed by atoms with van der Waals surface area (Å²) < 4.78 is 15.1. The van der Waals surface area contributed by atoms with Crippen molar-refractivity contribution in [3.8, 4) is 0 Å². The van der Waals surface area contributed by atoms with Crippen molar-refractivity contribution in [1.29, 1.82) is 0 Å². The maximum atomic E-state index is 13.2. The zero-order valence-electron chi connectivity index (χ0n) is 12.4. The fraction of sp³-hybridized carbons (Fsp3) is 0.333. The molecular formula is C15H19FN4O. The summed E-state index contributed by atoms with van der Waals surface area (Å²) in [4.78, 5) is 18.1. The molecule has 0 saturated carbocycles. The number of carbonyl (C=O) groups is 1. The van der Waals surface area contributed by atoms with Crippen molar-refractivity contribution in [2.75, 3.05) is 11.9 Å². The molecule has 1 heterocycles. The van der Waals surface area contributed by atoms with Gasteiger partial charge in [-0.2, -0.15) is 0 Å². The van der Waals surface area contributed by atoms with Gasteiger partial charge in [-0.3, -0.25) is 0 Å². The number of rotatable bonds is 4. The minimum absolute atomic E-state index is 0.230. The van der Waals surface area contributed by atoms with Gasteiger partial charge in [0.25, 0.3) is 0 Å². The van der Waals surface area contributed by atoms with Gasteiger partial charge in [0, 0.05) is 31.7 Å². The van der Waals surface area contributed by atoms with Gasteiger partial charge in [-0.1, -0.05) is 0 Å². The standard InChI is InChI=1S/C15H19FN4O/c1-4-20(10-14-17-7-8-19(14)3)15(21)18-12-5-6-13(16)11(2)9-12/h5-9H,4,10H2,1-3H3,(H,18,21). The SMILES string of the molecule is CCN(Cc1nccn1C)C(=O)Nc1ccc(F)c(C)c1. The number of hydrogen-bond donors (Lipinski definition) is 1. The predicted molar refractivity (Wildman–Crippen MR) is 79.4 cm³/mol. The highest BCUT2D eigenvalue weighted by Gasteiger charge is 2.14. The van der Waals surface area contributed by atoms with Gasteiger partial charge < -0.3 is 14.8 Å². The van der Waals surface area contributed by atoms with Crippen molar-refractivity contribution in [2.24, 2.45) is 7.05 Å². The molecule has 6 heteroatoms. The Morgan fingerprint density at radius 3 is 2.81 bits per heavy atom. The molecule has 2 aromatic rings.